The zero-order valence-electron chi connectivity index (χ0n) is 26.6. The predicted octanol–water partition coefficient (Wildman–Crippen LogP) is 4.40. The number of amides is 2. The van der Waals surface area contributed by atoms with Crippen molar-refractivity contribution in [3.8, 4) is 17.3 Å². The second-order valence-corrected chi connectivity index (χ2v) is 12.3. The van der Waals surface area contributed by atoms with Crippen LogP contribution in [0.3, 0.4) is 0 Å². The summed E-state index contributed by atoms with van der Waals surface area (Å²) in [7, 11) is 0. The Morgan fingerprint density at radius 3 is 2.72 bits per heavy atom. The summed E-state index contributed by atoms with van der Waals surface area (Å²) in [6, 6.07) is 5.10. The molecule has 0 saturated heterocycles. The van der Waals surface area contributed by atoms with Gasteiger partial charge < -0.3 is 24.8 Å². The third-order valence-electron chi connectivity index (χ3n) is 8.61. The Morgan fingerprint density at radius 2 is 1.98 bits per heavy atom. The first-order valence-corrected chi connectivity index (χ1v) is 16.0. The first-order valence-electron chi connectivity index (χ1n) is 16.0. The lowest BCUT2D eigenvalue weighted by molar-refractivity contribution is -0.121. The van der Waals surface area contributed by atoms with Gasteiger partial charge in [-0.05, 0) is 57.2 Å². The molecule has 1 aliphatic heterocycles. The number of nitrogens with zero attached hydrogens (tertiary/aromatic N) is 5. The topological polar surface area (TPSA) is 147 Å². The molecule has 4 aromatic rings. The van der Waals surface area contributed by atoms with E-state index < -0.39 is 23.1 Å². The maximum absolute atomic E-state index is 14.9. The molecule has 0 radical (unpaired) electrons. The molecule has 12 nitrogen and oxygen atoms in total. The molecule has 14 heteroatoms. The molecule has 3 N–H and O–H groups in total. The van der Waals surface area contributed by atoms with E-state index in [-0.39, 0.29) is 65.5 Å². The minimum Gasteiger partial charge on any atom is -0.487 e. The van der Waals surface area contributed by atoms with Crippen molar-refractivity contribution in [3.05, 3.63) is 63.7 Å². The smallest absolute Gasteiger partial charge is 0.274 e. The Labute approximate surface area is 269 Å². The normalized spacial score (nSPS) is 15.2. The molecule has 3 aromatic heterocycles. The second kappa shape index (κ2) is 13.5. The van der Waals surface area contributed by atoms with Gasteiger partial charge in [-0.15, -0.1) is 0 Å². The maximum atomic E-state index is 14.9. The summed E-state index contributed by atoms with van der Waals surface area (Å²) in [5.74, 6) is -1.54. The fraction of sp³-hybridized carbons (Fsp3) is 0.455. The zero-order chi connectivity index (χ0) is 33.2. The molecule has 1 aliphatic carbocycles. The molecule has 2 aliphatic rings. The van der Waals surface area contributed by atoms with E-state index in [1.54, 1.807) is 15.5 Å². The highest BCUT2D eigenvalue weighted by atomic mass is 19.1. The van der Waals surface area contributed by atoms with Gasteiger partial charge in [0.25, 0.3) is 5.91 Å². The maximum Gasteiger partial charge on any atom is 0.274 e. The average Bonchev–Trinajstić information content (AvgIpc) is 3.81. The average molecular weight is 649 g/mol. The second-order valence-electron chi connectivity index (χ2n) is 12.3. The Kier molecular flexibility index (Phi) is 9.19. The van der Waals surface area contributed by atoms with E-state index in [4.69, 9.17) is 4.74 Å². The fourth-order valence-corrected chi connectivity index (χ4v) is 5.90. The summed E-state index contributed by atoms with van der Waals surface area (Å²) in [6.07, 6.45) is 4.40. The van der Waals surface area contributed by atoms with Crippen LogP contribution in [-0.4, -0.2) is 66.7 Å². The van der Waals surface area contributed by atoms with Gasteiger partial charge in [0.15, 0.2) is 28.9 Å². The molecular weight excluding hydrogens is 610 g/mol. The number of nitrogens with one attached hydrogen (secondary N) is 3. The van der Waals surface area contributed by atoms with Crippen LogP contribution in [0.1, 0.15) is 69.1 Å². The number of H-pyrrole nitrogens is 1. The van der Waals surface area contributed by atoms with E-state index >= 15 is 0 Å². The largest absolute Gasteiger partial charge is 0.487 e. The van der Waals surface area contributed by atoms with Gasteiger partial charge in [0, 0.05) is 48.7 Å². The van der Waals surface area contributed by atoms with E-state index in [9.17, 15) is 23.2 Å². The lowest BCUT2D eigenvalue weighted by Crippen LogP contribution is -2.46. The number of rotatable bonds is 13. The molecule has 1 saturated carbocycles. The molecule has 1 aromatic carbocycles. The number of anilines is 1. The molecule has 2 amide bonds. The third-order valence-corrected chi connectivity index (χ3v) is 8.61. The number of aromatic amines is 1. The lowest BCUT2D eigenvalue weighted by atomic mass is 10.1. The Morgan fingerprint density at radius 1 is 1.17 bits per heavy atom. The van der Waals surface area contributed by atoms with Crippen molar-refractivity contribution in [2.75, 3.05) is 18.5 Å². The van der Waals surface area contributed by atoms with Crippen LogP contribution < -0.4 is 20.8 Å². The highest BCUT2D eigenvalue weighted by Gasteiger charge is 2.35. The molecule has 1 atom stereocenters. The molecular formula is C33H38F2N8O4. The highest BCUT2D eigenvalue weighted by Crippen LogP contribution is 2.36. The summed E-state index contributed by atoms with van der Waals surface area (Å²) < 4.78 is 36.4. The van der Waals surface area contributed by atoms with Gasteiger partial charge in [-0.1, -0.05) is 13.3 Å². The minimum atomic E-state index is -0.696. The monoisotopic (exact) mass is 648 g/mol. The standard InChI is InChI=1S/C33H38F2N8O4/c1-4-5-12-47-30-26(44)14-21(43-11-10-42(18(2)3)33(46)29(30)43)16-36-27(45)15-25(19-6-7-19)38-31-23(35)17-37-32(39-31)28-22-13-20(34)8-9-24(22)40-41-28/h8-9,13-14,17-19,25H,4-7,10-12,15-16H2,1-3H3,(H,36,45)(H,40,41)(H,37,38,39). The SMILES string of the molecule is CCCCOc1c2n(c(CNC(=O)CC(Nc3nc(-c4n[nH]c5ccc(F)cc45)ncc3F)C3CC3)cc1=O)CCN(C(C)C)C2=O. The van der Waals surface area contributed by atoms with Crippen LogP contribution in [0.15, 0.2) is 35.3 Å². The highest BCUT2D eigenvalue weighted by molar-refractivity contribution is 5.96. The number of carbonyl (C=O) groups excluding carboxylic acids is 2. The van der Waals surface area contributed by atoms with E-state index in [1.807, 2.05) is 20.8 Å². The van der Waals surface area contributed by atoms with Crippen LogP contribution in [-0.2, 0) is 17.9 Å². The van der Waals surface area contributed by atoms with Crippen molar-refractivity contribution in [3.63, 3.8) is 0 Å². The molecule has 248 valence electrons. The lowest BCUT2D eigenvalue weighted by Gasteiger charge is -2.35. The number of carbonyl (C=O) groups is 2. The number of unbranched alkanes of at least 4 members (excludes halogenated alkanes) is 1. The predicted molar refractivity (Wildman–Crippen MR) is 171 cm³/mol. The van der Waals surface area contributed by atoms with E-state index in [0.29, 0.717) is 36.3 Å². The summed E-state index contributed by atoms with van der Waals surface area (Å²) in [4.78, 5) is 50.0. The number of halogens is 2. The molecule has 0 bridgehead atoms. The molecule has 6 rings (SSSR count). The third kappa shape index (κ3) is 6.81. The van der Waals surface area contributed by atoms with Crippen molar-refractivity contribution < 1.29 is 23.1 Å². The number of ether oxygens (including phenoxy) is 1. The van der Waals surface area contributed by atoms with Gasteiger partial charge in [0.1, 0.15) is 11.5 Å². The molecule has 1 unspecified atom stereocenters. The number of hydrogen-bond donors (Lipinski definition) is 3. The number of fused-ring (bicyclic) bond motifs is 2. The fourth-order valence-electron chi connectivity index (χ4n) is 5.90. The van der Waals surface area contributed by atoms with Crippen LogP contribution in [0.4, 0.5) is 14.6 Å². The minimum absolute atomic E-state index is 0.0232. The van der Waals surface area contributed by atoms with Crippen LogP contribution >= 0.6 is 0 Å². The van der Waals surface area contributed by atoms with Crippen LogP contribution in [0.2, 0.25) is 0 Å². The van der Waals surface area contributed by atoms with E-state index in [2.05, 4.69) is 30.8 Å². The number of pyridine rings is 1. The van der Waals surface area contributed by atoms with Crippen molar-refractivity contribution >= 4 is 28.5 Å². The van der Waals surface area contributed by atoms with Crippen LogP contribution in [0.25, 0.3) is 22.4 Å². The summed E-state index contributed by atoms with van der Waals surface area (Å²) in [5.41, 5.74) is 1.16. The van der Waals surface area contributed by atoms with Crippen molar-refractivity contribution in [1.82, 2.24) is 34.9 Å². The number of hydrogen-bond acceptors (Lipinski definition) is 8. The summed E-state index contributed by atoms with van der Waals surface area (Å²) in [6.45, 7) is 7.12. The molecule has 47 heavy (non-hydrogen) atoms. The molecule has 0 spiro atoms. The van der Waals surface area contributed by atoms with Gasteiger partial charge in [-0.3, -0.25) is 19.5 Å². The Bertz CT molecular complexity index is 1870. The first-order chi connectivity index (χ1) is 22.6. The van der Waals surface area contributed by atoms with Gasteiger partial charge in [0.05, 0.1) is 24.9 Å². The zero-order valence-corrected chi connectivity index (χ0v) is 26.6. The first kappa shape index (κ1) is 32.1. The van der Waals surface area contributed by atoms with E-state index in [0.717, 1.165) is 31.9 Å². The summed E-state index contributed by atoms with van der Waals surface area (Å²) >= 11 is 0. The molecule has 1 fully saturated rings. The number of aromatic nitrogens is 5. The quantitative estimate of drug-likeness (QED) is 0.181. The van der Waals surface area contributed by atoms with Crippen molar-refractivity contribution in [2.45, 2.75) is 78.0 Å². The van der Waals surface area contributed by atoms with Crippen LogP contribution in [0.5, 0.6) is 5.75 Å². The van der Waals surface area contributed by atoms with Crippen molar-refractivity contribution in [1.29, 1.82) is 0 Å². The molecule has 4 heterocycles. The Balaban J connectivity index is 1.18. The van der Waals surface area contributed by atoms with E-state index in [1.165, 1.54) is 18.2 Å². The van der Waals surface area contributed by atoms with Gasteiger partial charge in [-0.25, -0.2) is 18.7 Å². The summed E-state index contributed by atoms with van der Waals surface area (Å²) in [5, 5.41) is 13.4. The van der Waals surface area contributed by atoms with Gasteiger partial charge in [0.2, 0.25) is 11.3 Å². The Hall–Kier alpha value is -4.88. The van der Waals surface area contributed by atoms with Crippen LogP contribution in [0, 0.1) is 17.6 Å². The van der Waals surface area contributed by atoms with Gasteiger partial charge >= 0.3 is 0 Å². The number of benzene rings is 1. The van der Waals surface area contributed by atoms with Gasteiger partial charge in [-0.2, -0.15) is 5.10 Å². The van der Waals surface area contributed by atoms with Crippen molar-refractivity contribution in [2.24, 2.45) is 5.92 Å².